The number of halogens is 3. The maximum Gasteiger partial charge on any atom is 0.420 e. The quantitative estimate of drug-likeness (QED) is 0.733. The summed E-state index contributed by atoms with van der Waals surface area (Å²) in [5.41, 5.74) is -1.17. The van der Waals surface area contributed by atoms with Gasteiger partial charge in [-0.25, -0.2) is 0 Å². The standard InChI is InChI=1S/C14H18F3NO3/c1-8(2)7-18-12(20)4-3-9-5-10(14(15,16)17)13(21)11(19)6-9/h5-6,8,19,21H,3-4,7H2,1-2H3,(H,18,20). The Kier molecular flexibility index (Phi) is 5.46. The van der Waals surface area contributed by atoms with E-state index in [1.165, 1.54) is 0 Å². The number of alkyl halides is 3. The van der Waals surface area contributed by atoms with Crippen LogP contribution in [-0.4, -0.2) is 22.7 Å². The largest absolute Gasteiger partial charge is 0.504 e. The van der Waals surface area contributed by atoms with Gasteiger partial charge in [0.15, 0.2) is 11.5 Å². The second-order valence-corrected chi connectivity index (χ2v) is 5.21. The number of amides is 1. The van der Waals surface area contributed by atoms with Crippen LogP contribution in [0.2, 0.25) is 0 Å². The molecule has 0 heterocycles. The molecule has 0 aliphatic carbocycles. The Hall–Kier alpha value is -1.92. The molecule has 0 saturated heterocycles. The predicted octanol–water partition coefficient (Wildman–Crippen LogP) is 2.82. The van der Waals surface area contributed by atoms with Crippen LogP contribution in [-0.2, 0) is 17.4 Å². The topological polar surface area (TPSA) is 69.6 Å². The Morgan fingerprint density at radius 1 is 1.29 bits per heavy atom. The summed E-state index contributed by atoms with van der Waals surface area (Å²) in [6.07, 6.45) is -4.72. The van der Waals surface area contributed by atoms with Crippen LogP contribution in [0.3, 0.4) is 0 Å². The first-order chi connectivity index (χ1) is 9.61. The molecule has 7 heteroatoms. The summed E-state index contributed by atoms with van der Waals surface area (Å²) in [7, 11) is 0. The summed E-state index contributed by atoms with van der Waals surface area (Å²) in [6, 6.07) is 1.77. The summed E-state index contributed by atoms with van der Waals surface area (Å²) in [4.78, 5) is 11.5. The number of hydrogen-bond donors (Lipinski definition) is 3. The van der Waals surface area contributed by atoms with Gasteiger partial charge in [-0.2, -0.15) is 13.2 Å². The van der Waals surface area contributed by atoms with Crippen LogP contribution in [0, 0.1) is 5.92 Å². The third kappa shape index (κ3) is 5.17. The molecule has 118 valence electrons. The van der Waals surface area contributed by atoms with Crippen LogP contribution in [0.1, 0.15) is 31.4 Å². The van der Waals surface area contributed by atoms with Gasteiger partial charge in [0.25, 0.3) is 0 Å². The van der Waals surface area contributed by atoms with Gasteiger partial charge in [-0.15, -0.1) is 0 Å². The molecule has 0 spiro atoms. The van der Waals surface area contributed by atoms with Crippen LogP contribution < -0.4 is 5.32 Å². The molecule has 0 aliphatic rings. The molecule has 3 N–H and O–H groups in total. The number of aryl methyl sites for hydroxylation is 1. The van der Waals surface area contributed by atoms with Crippen LogP contribution in [0.15, 0.2) is 12.1 Å². The fourth-order valence-corrected chi connectivity index (χ4v) is 1.70. The average Bonchev–Trinajstić information content (AvgIpc) is 2.36. The fraction of sp³-hybridized carbons (Fsp3) is 0.500. The highest BCUT2D eigenvalue weighted by atomic mass is 19.4. The van der Waals surface area contributed by atoms with Crippen molar-refractivity contribution in [1.82, 2.24) is 5.32 Å². The first kappa shape index (κ1) is 17.1. The molecule has 0 aromatic heterocycles. The van der Waals surface area contributed by atoms with E-state index in [2.05, 4.69) is 5.32 Å². The first-order valence-electron chi connectivity index (χ1n) is 6.50. The highest BCUT2D eigenvalue weighted by molar-refractivity contribution is 5.76. The Morgan fingerprint density at radius 3 is 2.43 bits per heavy atom. The predicted molar refractivity (Wildman–Crippen MR) is 70.9 cm³/mol. The van der Waals surface area contributed by atoms with E-state index in [9.17, 15) is 28.2 Å². The van der Waals surface area contributed by atoms with Crippen molar-refractivity contribution in [3.63, 3.8) is 0 Å². The van der Waals surface area contributed by atoms with E-state index in [4.69, 9.17) is 0 Å². The van der Waals surface area contributed by atoms with Crippen molar-refractivity contribution in [3.8, 4) is 11.5 Å². The molecule has 0 atom stereocenters. The van der Waals surface area contributed by atoms with Crippen LogP contribution in [0.4, 0.5) is 13.2 Å². The lowest BCUT2D eigenvalue weighted by Crippen LogP contribution is -2.27. The molecule has 1 aromatic rings. The van der Waals surface area contributed by atoms with E-state index < -0.39 is 23.2 Å². The monoisotopic (exact) mass is 305 g/mol. The number of carbonyl (C=O) groups excluding carboxylic acids is 1. The Balaban J connectivity index is 2.77. The zero-order valence-electron chi connectivity index (χ0n) is 11.8. The number of rotatable bonds is 5. The molecular formula is C14H18F3NO3. The third-order valence-electron chi connectivity index (χ3n) is 2.80. The minimum absolute atomic E-state index is 0.00817. The molecular weight excluding hydrogens is 287 g/mol. The van der Waals surface area contributed by atoms with Crippen molar-refractivity contribution in [2.24, 2.45) is 5.92 Å². The first-order valence-corrected chi connectivity index (χ1v) is 6.50. The van der Waals surface area contributed by atoms with E-state index in [0.29, 0.717) is 6.54 Å². The van der Waals surface area contributed by atoms with Crippen molar-refractivity contribution in [2.75, 3.05) is 6.54 Å². The van der Waals surface area contributed by atoms with Gasteiger partial charge in [-0.05, 0) is 30.0 Å². The maximum absolute atomic E-state index is 12.7. The van der Waals surface area contributed by atoms with E-state index in [0.717, 1.165) is 12.1 Å². The molecule has 0 aliphatic heterocycles. The van der Waals surface area contributed by atoms with Crippen molar-refractivity contribution in [1.29, 1.82) is 0 Å². The number of benzene rings is 1. The zero-order valence-corrected chi connectivity index (χ0v) is 11.8. The minimum Gasteiger partial charge on any atom is -0.504 e. The number of phenols is 2. The highest BCUT2D eigenvalue weighted by Gasteiger charge is 2.35. The van der Waals surface area contributed by atoms with E-state index >= 15 is 0 Å². The summed E-state index contributed by atoms with van der Waals surface area (Å²) in [5, 5.41) is 21.2. The second-order valence-electron chi connectivity index (χ2n) is 5.21. The van der Waals surface area contributed by atoms with Crippen molar-refractivity contribution >= 4 is 5.91 Å². The minimum atomic E-state index is -4.77. The van der Waals surface area contributed by atoms with E-state index in [1.54, 1.807) is 0 Å². The molecule has 0 bridgehead atoms. The summed E-state index contributed by atoms with van der Waals surface area (Å²) >= 11 is 0. The van der Waals surface area contributed by atoms with Crippen LogP contribution >= 0.6 is 0 Å². The Bertz CT molecular complexity index is 513. The summed E-state index contributed by atoms with van der Waals surface area (Å²) in [6.45, 7) is 4.34. The SMILES string of the molecule is CC(C)CNC(=O)CCc1cc(O)c(O)c(C(F)(F)F)c1. The van der Waals surface area contributed by atoms with Gasteiger partial charge < -0.3 is 15.5 Å². The van der Waals surface area contributed by atoms with Crippen molar-refractivity contribution in [2.45, 2.75) is 32.9 Å². The zero-order chi connectivity index (χ0) is 16.2. The number of phenolic OH excluding ortho intramolecular Hbond substituents is 2. The number of hydrogen-bond acceptors (Lipinski definition) is 3. The lowest BCUT2D eigenvalue weighted by Gasteiger charge is -2.13. The number of nitrogens with one attached hydrogen (secondary N) is 1. The van der Waals surface area contributed by atoms with E-state index in [-0.39, 0.29) is 30.2 Å². The van der Waals surface area contributed by atoms with Gasteiger partial charge in [0.05, 0.1) is 0 Å². The average molecular weight is 305 g/mol. The molecule has 1 amide bonds. The molecule has 0 unspecified atom stereocenters. The maximum atomic E-state index is 12.7. The number of aromatic hydroxyl groups is 2. The van der Waals surface area contributed by atoms with Crippen LogP contribution in [0.5, 0.6) is 11.5 Å². The number of carbonyl (C=O) groups is 1. The third-order valence-corrected chi connectivity index (χ3v) is 2.80. The fourth-order valence-electron chi connectivity index (χ4n) is 1.70. The van der Waals surface area contributed by atoms with Gasteiger partial charge in [-0.1, -0.05) is 13.8 Å². The Labute approximate surface area is 120 Å². The highest BCUT2D eigenvalue weighted by Crippen LogP contribution is 2.41. The summed E-state index contributed by atoms with van der Waals surface area (Å²) < 4.78 is 38.0. The van der Waals surface area contributed by atoms with Gasteiger partial charge in [-0.3, -0.25) is 4.79 Å². The van der Waals surface area contributed by atoms with Crippen LogP contribution in [0.25, 0.3) is 0 Å². The van der Waals surface area contributed by atoms with Gasteiger partial charge in [0.2, 0.25) is 5.91 Å². The van der Waals surface area contributed by atoms with Crippen molar-refractivity contribution < 1.29 is 28.2 Å². The van der Waals surface area contributed by atoms with E-state index in [1.807, 2.05) is 13.8 Å². The molecule has 1 rings (SSSR count). The Morgan fingerprint density at radius 2 is 1.90 bits per heavy atom. The molecule has 4 nitrogen and oxygen atoms in total. The van der Waals surface area contributed by atoms with Gasteiger partial charge >= 0.3 is 6.18 Å². The van der Waals surface area contributed by atoms with Crippen molar-refractivity contribution in [3.05, 3.63) is 23.3 Å². The second kappa shape index (κ2) is 6.69. The smallest absolute Gasteiger partial charge is 0.420 e. The lowest BCUT2D eigenvalue weighted by molar-refractivity contribution is -0.139. The molecule has 1 aromatic carbocycles. The molecule has 0 radical (unpaired) electrons. The van der Waals surface area contributed by atoms with Gasteiger partial charge in [0.1, 0.15) is 5.56 Å². The normalized spacial score (nSPS) is 11.7. The molecule has 0 saturated carbocycles. The molecule has 0 fully saturated rings. The van der Waals surface area contributed by atoms with Gasteiger partial charge in [0, 0.05) is 13.0 Å². The lowest BCUT2D eigenvalue weighted by atomic mass is 10.0. The molecule has 21 heavy (non-hydrogen) atoms. The summed E-state index contributed by atoms with van der Waals surface area (Å²) in [5.74, 6) is -2.04.